The first-order valence-corrected chi connectivity index (χ1v) is 9.15. The van der Waals surface area contributed by atoms with E-state index in [2.05, 4.69) is 10.3 Å². The van der Waals surface area contributed by atoms with Crippen molar-refractivity contribution in [3.63, 3.8) is 0 Å². The standard InChI is InChI=1S/C19H19FN2OS/c20-14-8-6-13(7-9-14)15-3-1-4-16(15)21-12-19-22-11-17(23-19)18-5-2-10-24-18/h2,5-11,15-16,21H,1,3-4,12H2/t15-,16-/m1/s1. The molecular formula is C19H19FN2OS. The molecule has 2 aromatic heterocycles. The normalized spacial score (nSPS) is 20.5. The Morgan fingerprint density at radius 1 is 1.21 bits per heavy atom. The van der Waals surface area contributed by atoms with Crippen LogP contribution in [0.4, 0.5) is 4.39 Å². The summed E-state index contributed by atoms with van der Waals surface area (Å²) >= 11 is 1.65. The molecule has 1 N–H and O–H groups in total. The van der Waals surface area contributed by atoms with Gasteiger partial charge in [0.15, 0.2) is 5.76 Å². The molecule has 0 unspecified atom stereocenters. The number of benzene rings is 1. The summed E-state index contributed by atoms with van der Waals surface area (Å²) in [5, 5.41) is 5.60. The van der Waals surface area contributed by atoms with Crippen LogP contribution in [-0.2, 0) is 6.54 Å². The highest BCUT2D eigenvalue weighted by Gasteiger charge is 2.28. The number of thiophene rings is 1. The molecule has 0 saturated heterocycles. The summed E-state index contributed by atoms with van der Waals surface area (Å²) in [5.41, 5.74) is 1.21. The van der Waals surface area contributed by atoms with Gasteiger partial charge in [-0.15, -0.1) is 11.3 Å². The molecule has 1 aliphatic rings. The molecule has 124 valence electrons. The van der Waals surface area contributed by atoms with Crippen LogP contribution in [0, 0.1) is 5.82 Å². The zero-order chi connectivity index (χ0) is 16.4. The van der Waals surface area contributed by atoms with Crippen LogP contribution in [-0.4, -0.2) is 11.0 Å². The predicted molar refractivity (Wildman–Crippen MR) is 93.4 cm³/mol. The molecule has 2 heterocycles. The van der Waals surface area contributed by atoms with Gasteiger partial charge < -0.3 is 9.73 Å². The Kier molecular flexibility index (Phi) is 4.45. The van der Waals surface area contributed by atoms with Crippen molar-refractivity contribution in [2.75, 3.05) is 0 Å². The fraction of sp³-hybridized carbons (Fsp3) is 0.316. The lowest BCUT2D eigenvalue weighted by Gasteiger charge is -2.20. The van der Waals surface area contributed by atoms with E-state index in [4.69, 9.17) is 4.42 Å². The molecule has 1 fully saturated rings. The highest BCUT2D eigenvalue weighted by atomic mass is 32.1. The first-order valence-electron chi connectivity index (χ1n) is 8.27. The topological polar surface area (TPSA) is 38.1 Å². The zero-order valence-corrected chi connectivity index (χ0v) is 14.1. The van der Waals surface area contributed by atoms with Crippen LogP contribution in [0.5, 0.6) is 0 Å². The summed E-state index contributed by atoms with van der Waals surface area (Å²) in [7, 11) is 0. The molecule has 0 radical (unpaired) electrons. The Morgan fingerprint density at radius 3 is 2.88 bits per heavy atom. The molecule has 24 heavy (non-hydrogen) atoms. The second-order valence-electron chi connectivity index (χ2n) is 6.17. The van der Waals surface area contributed by atoms with Gasteiger partial charge in [-0.05, 0) is 47.9 Å². The third-order valence-corrected chi connectivity index (χ3v) is 5.53. The third-order valence-electron chi connectivity index (χ3n) is 4.65. The van der Waals surface area contributed by atoms with E-state index in [1.54, 1.807) is 29.7 Å². The Balaban J connectivity index is 1.40. The molecule has 1 aromatic carbocycles. The van der Waals surface area contributed by atoms with E-state index < -0.39 is 0 Å². The second-order valence-corrected chi connectivity index (χ2v) is 7.12. The van der Waals surface area contributed by atoms with Gasteiger partial charge >= 0.3 is 0 Å². The monoisotopic (exact) mass is 342 g/mol. The van der Waals surface area contributed by atoms with Crippen LogP contribution in [0.1, 0.15) is 36.6 Å². The number of oxazole rings is 1. The lowest BCUT2D eigenvalue weighted by molar-refractivity contribution is 0.421. The highest BCUT2D eigenvalue weighted by Crippen LogP contribution is 2.35. The molecule has 0 amide bonds. The minimum Gasteiger partial charge on any atom is -0.438 e. The fourth-order valence-corrected chi connectivity index (χ4v) is 4.13. The molecule has 0 aliphatic heterocycles. The van der Waals surface area contributed by atoms with Gasteiger partial charge in [-0.1, -0.05) is 24.6 Å². The number of hydrogen-bond acceptors (Lipinski definition) is 4. The summed E-state index contributed by atoms with van der Waals surface area (Å²) in [4.78, 5) is 5.47. The van der Waals surface area contributed by atoms with Gasteiger partial charge in [-0.25, -0.2) is 9.37 Å². The van der Waals surface area contributed by atoms with Gasteiger partial charge in [-0.3, -0.25) is 0 Å². The maximum Gasteiger partial charge on any atom is 0.208 e. The quantitative estimate of drug-likeness (QED) is 0.711. The van der Waals surface area contributed by atoms with E-state index in [0.29, 0.717) is 24.4 Å². The van der Waals surface area contributed by atoms with Crippen molar-refractivity contribution < 1.29 is 8.81 Å². The molecular weight excluding hydrogens is 323 g/mol. The Morgan fingerprint density at radius 2 is 2.08 bits per heavy atom. The van der Waals surface area contributed by atoms with Gasteiger partial charge in [0.1, 0.15) is 5.82 Å². The Bertz CT molecular complexity index is 782. The zero-order valence-electron chi connectivity index (χ0n) is 13.2. The number of aromatic nitrogens is 1. The molecule has 2 atom stereocenters. The van der Waals surface area contributed by atoms with Crippen molar-refractivity contribution in [2.45, 2.75) is 37.8 Å². The van der Waals surface area contributed by atoms with Crippen molar-refractivity contribution in [3.8, 4) is 10.6 Å². The first-order chi connectivity index (χ1) is 11.8. The lowest BCUT2D eigenvalue weighted by Crippen LogP contribution is -2.30. The van der Waals surface area contributed by atoms with Crippen molar-refractivity contribution in [2.24, 2.45) is 0 Å². The minimum absolute atomic E-state index is 0.179. The SMILES string of the molecule is Fc1ccc([C@H]2CCC[C@H]2NCc2ncc(-c3cccs3)o2)cc1. The van der Waals surface area contributed by atoms with Gasteiger partial charge in [0, 0.05) is 6.04 Å². The van der Waals surface area contributed by atoms with Gasteiger partial charge in [0.05, 0.1) is 17.6 Å². The Hall–Kier alpha value is -1.98. The maximum absolute atomic E-state index is 13.1. The van der Waals surface area contributed by atoms with E-state index in [-0.39, 0.29) is 5.82 Å². The summed E-state index contributed by atoms with van der Waals surface area (Å²) in [6.45, 7) is 0.619. The van der Waals surface area contributed by atoms with Crippen LogP contribution in [0.2, 0.25) is 0 Å². The van der Waals surface area contributed by atoms with Crippen molar-refractivity contribution in [1.82, 2.24) is 10.3 Å². The molecule has 3 nitrogen and oxygen atoms in total. The van der Waals surface area contributed by atoms with Crippen LogP contribution in [0.15, 0.2) is 52.4 Å². The van der Waals surface area contributed by atoms with Crippen LogP contribution >= 0.6 is 11.3 Å². The van der Waals surface area contributed by atoms with Gasteiger partial charge in [0.25, 0.3) is 0 Å². The summed E-state index contributed by atoms with van der Waals surface area (Å²) in [6, 6.07) is 11.3. The van der Waals surface area contributed by atoms with E-state index in [0.717, 1.165) is 23.5 Å². The molecule has 1 aliphatic carbocycles. The van der Waals surface area contributed by atoms with Crippen molar-refractivity contribution >= 4 is 11.3 Å². The number of hydrogen-bond donors (Lipinski definition) is 1. The number of nitrogens with one attached hydrogen (secondary N) is 1. The summed E-state index contributed by atoms with van der Waals surface area (Å²) in [5.74, 6) is 1.78. The van der Waals surface area contributed by atoms with Crippen molar-refractivity contribution in [3.05, 3.63) is 65.2 Å². The molecule has 0 spiro atoms. The highest BCUT2D eigenvalue weighted by molar-refractivity contribution is 7.13. The van der Waals surface area contributed by atoms with Gasteiger partial charge in [0.2, 0.25) is 5.89 Å². The second kappa shape index (κ2) is 6.87. The maximum atomic E-state index is 13.1. The molecule has 1 saturated carbocycles. The van der Waals surface area contributed by atoms with E-state index >= 15 is 0 Å². The lowest BCUT2D eigenvalue weighted by atomic mass is 9.94. The number of rotatable bonds is 5. The largest absolute Gasteiger partial charge is 0.438 e. The average Bonchev–Trinajstić information content (AvgIpc) is 3.34. The molecule has 5 heteroatoms. The van der Waals surface area contributed by atoms with Crippen molar-refractivity contribution in [1.29, 1.82) is 0 Å². The van der Waals surface area contributed by atoms with E-state index in [1.165, 1.54) is 12.0 Å². The van der Waals surface area contributed by atoms with E-state index in [1.807, 2.05) is 29.6 Å². The van der Waals surface area contributed by atoms with Gasteiger partial charge in [-0.2, -0.15) is 0 Å². The van der Waals surface area contributed by atoms with Crippen LogP contribution in [0.25, 0.3) is 10.6 Å². The number of halogens is 1. The summed E-state index contributed by atoms with van der Waals surface area (Å²) < 4.78 is 19.0. The molecule has 4 rings (SSSR count). The van der Waals surface area contributed by atoms with Crippen LogP contribution in [0.3, 0.4) is 0 Å². The Labute approximate surface area is 144 Å². The average molecular weight is 342 g/mol. The number of nitrogens with zero attached hydrogens (tertiary/aromatic N) is 1. The minimum atomic E-state index is -0.179. The van der Waals surface area contributed by atoms with Crippen LogP contribution < -0.4 is 5.32 Å². The molecule has 3 aromatic rings. The predicted octanol–water partition coefficient (Wildman–Crippen LogP) is 4.97. The fourth-order valence-electron chi connectivity index (χ4n) is 3.46. The van der Waals surface area contributed by atoms with E-state index in [9.17, 15) is 4.39 Å². The summed E-state index contributed by atoms with van der Waals surface area (Å²) in [6.07, 6.45) is 5.23. The first kappa shape index (κ1) is 15.5. The molecule has 0 bridgehead atoms. The smallest absolute Gasteiger partial charge is 0.208 e. The third kappa shape index (κ3) is 3.28.